The van der Waals surface area contributed by atoms with Crippen LogP contribution in [0.1, 0.15) is 12.6 Å². The monoisotopic (exact) mass is 238 g/mol. The molecule has 2 N–H and O–H groups in total. The summed E-state index contributed by atoms with van der Waals surface area (Å²) in [7, 11) is 1.55. The Morgan fingerprint density at radius 3 is 2.88 bits per heavy atom. The van der Waals surface area contributed by atoms with E-state index in [1.165, 1.54) is 0 Å². The Morgan fingerprint density at radius 2 is 2.29 bits per heavy atom. The van der Waals surface area contributed by atoms with Crippen molar-refractivity contribution in [3.63, 3.8) is 0 Å². The Bertz CT molecular complexity index is 369. The molecule has 0 fully saturated rings. The van der Waals surface area contributed by atoms with Crippen molar-refractivity contribution in [3.8, 4) is 5.88 Å². The Morgan fingerprint density at radius 1 is 1.53 bits per heavy atom. The number of aromatic nitrogens is 1. The minimum Gasteiger partial charge on any atom is -0.481 e. The maximum atomic E-state index is 11.6. The van der Waals surface area contributed by atoms with Gasteiger partial charge in [0.05, 0.1) is 19.6 Å². The van der Waals surface area contributed by atoms with Gasteiger partial charge >= 0.3 is 5.97 Å². The van der Waals surface area contributed by atoms with Gasteiger partial charge in [-0.2, -0.15) is 0 Å². The van der Waals surface area contributed by atoms with Crippen molar-refractivity contribution < 1.29 is 14.3 Å². The van der Waals surface area contributed by atoms with Crippen LogP contribution >= 0.6 is 0 Å². The number of carbonyl (C=O) groups is 1. The molecule has 5 heteroatoms. The van der Waals surface area contributed by atoms with Crippen molar-refractivity contribution in [1.29, 1.82) is 0 Å². The summed E-state index contributed by atoms with van der Waals surface area (Å²) in [5, 5.41) is 0. The third-order valence-electron chi connectivity index (χ3n) is 2.35. The van der Waals surface area contributed by atoms with Crippen molar-refractivity contribution in [1.82, 2.24) is 4.98 Å². The SMILES string of the molecule is CCOC(=O)C(CN)Cc1cccc(OC)n1. The molecule has 1 aromatic heterocycles. The van der Waals surface area contributed by atoms with E-state index in [0.29, 0.717) is 18.9 Å². The van der Waals surface area contributed by atoms with Crippen LogP contribution in [0.5, 0.6) is 5.88 Å². The smallest absolute Gasteiger partial charge is 0.310 e. The maximum Gasteiger partial charge on any atom is 0.310 e. The van der Waals surface area contributed by atoms with Gasteiger partial charge < -0.3 is 15.2 Å². The molecular formula is C12H18N2O3. The highest BCUT2D eigenvalue weighted by Crippen LogP contribution is 2.12. The summed E-state index contributed by atoms with van der Waals surface area (Å²) in [6.45, 7) is 2.38. The van der Waals surface area contributed by atoms with Gasteiger partial charge in [-0.25, -0.2) is 4.98 Å². The van der Waals surface area contributed by atoms with E-state index >= 15 is 0 Å². The zero-order chi connectivity index (χ0) is 12.7. The van der Waals surface area contributed by atoms with Crippen molar-refractivity contribution >= 4 is 5.97 Å². The van der Waals surface area contributed by atoms with Gasteiger partial charge in [0, 0.05) is 24.7 Å². The van der Waals surface area contributed by atoms with E-state index in [9.17, 15) is 4.79 Å². The predicted octanol–water partition coefficient (Wildman–Crippen LogP) is 0.771. The molecule has 0 aliphatic rings. The molecule has 0 saturated carbocycles. The third-order valence-corrected chi connectivity index (χ3v) is 2.35. The Labute approximate surface area is 101 Å². The first kappa shape index (κ1) is 13.4. The first-order valence-corrected chi connectivity index (χ1v) is 5.57. The average Bonchev–Trinajstić information content (AvgIpc) is 2.36. The number of nitrogens with two attached hydrogens (primary N) is 1. The van der Waals surface area contributed by atoms with Crippen LogP contribution in [0.3, 0.4) is 0 Å². The van der Waals surface area contributed by atoms with E-state index in [-0.39, 0.29) is 18.4 Å². The number of carbonyl (C=O) groups excluding carboxylic acids is 1. The van der Waals surface area contributed by atoms with Crippen LogP contribution in [0.25, 0.3) is 0 Å². The molecule has 0 spiro atoms. The second-order valence-corrected chi connectivity index (χ2v) is 3.56. The fraction of sp³-hybridized carbons (Fsp3) is 0.500. The van der Waals surface area contributed by atoms with Crippen LogP contribution in [-0.2, 0) is 16.0 Å². The number of ether oxygens (including phenoxy) is 2. The summed E-state index contributed by atoms with van der Waals surface area (Å²) in [4.78, 5) is 15.8. The predicted molar refractivity (Wildman–Crippen MR) is 63.7 cm³/mol. The van der Waals surface area contributed by atoms with Crippen molar-refractivity contribution in [2.75, 3.05) is 20.3 Å². The first-order chi connectivity index (χ1) is 8.21. The van der Waals surface area contributed by atoms with E-state index in [1.807, 2.05) is 12.1 Å². The van der Waals surface area contributed by atoms with Gasteiger partial charge in [-0.15, -0.1) is 0 Å². The fourth-order valence-electron chi connectivity index (χ4n) is 1.46. The average molecular weight is 238 g/mol. The highest BCUT2D eigenvalue weighted by Gasteiger charge is 2.19. The number of nitrogens with zero attached hydrogens (tertiary/aromatic N) is 1. The largest absolute Gasteiger partial charge is 0.481 e. The lowest BCUT2D eigenvalue weighted by molar-refractivity contribution is -0.147. The van der Waals surface area contributed by atoms with E-state index in [2.05, 4.69) is 4.98 Å². The summed E-state index contributed by atoms with van der Waals surface area (Å²) in [6, 6.07) is 5.43. The zero-order valence-corrected chi connectivity index (χ0v) is 10.2. The number of methoxy groups -OCH3 is 1. The molecule has 0 aliphatic heterocycles. The van der Waals surface area contributed by atoms with Crippen molar-refractivity contribution in [2.24, 2.45) is 11.7 Å². The highest BCUT2D eigenvalue weighted by molar-refractivity contribution is 5.73. The fourth-order valence-corrected chi connectivity index (χ4v) is 1.46. The van der Waals surface area contributed by atoms with Gasteiger partial charge in [0.25, 0.3) is 0 Å². The quantitative estimate of drug-likeness (QED) is 0.741. The van der Waals surface area contributed by atoms with Crippen LogP contribution in [0.15, 0.2) is 18.2 Å². The van der Waals surface area contributed by atoms with Gasteiger partial charge in [-0.3, -0.25) is 4.79 Å². The Hall–Kier alpha value is -1.62. The molecule has 5 nitrogen and oxygen atoms in total. The zero-order valence-electron chi connectivity index (χ0n) is 10.2. The Kier molecular flexibility index (Phi) is 5.42. The van der Waals surface area contributed by atoms with E-state index in [1.54, 1.807) is 20.1 Å². The van der Waals surface area contributed by atoms with Crippen LogP contribution in [0, 0.1) is 5.92 Å². The van der Waals surface area contributed by atoms with Crippen LogP contribution < -0.4 is 10.5 Å². The molecule has 1 atom stereocenters. The number of hydrogen-bond acceptors (Lipinski definition) is 5. The van der Waals surface area contributed by atoms with Gasteiger partial charge in [0.1, 0.15) is 0 Å². The normalized spacial score (nSPS) is 11.9. The molecule has 17 heavy (non-hydrogen) atoms. The van der Waals surface area contributed by atoms with Gasteiger partial charge in [0.2, 0.25) is 5.88 Å². The van der Waals surface area contributed by atoms with Crippen LogP contribution in [-0.4, -0.2) is 31.2 Å². The van der Waals surface area contributed by atoms with E-state index in [0.717, 1.165) is 5.69 Å². The molecule has 94 valence electrons. The highest BCUT2D eigenvalue weighted by atomic mass is 16.5. The standard InChI is InChI=1S/C12H18N2O3/c1-3-17-12(15)9(8-13)7-10-5-4-6-11(14-10)16-2/h4-6,9H,3,7-8,13H2,1-2H3. The summed E-state index contributed by atoms with van der Waals surface area (Å²) in [6.07, 6.45) is 0.465. The summed E-state index contributed by atoms with van der Waals surface area (Å²) >= 11 is 0. The molecule has 1 rings (SSSR count). The topological polar surface area (TPSA) is 74.4 Å². The van der Waals surface area contributed by atoms with Gasteiger partial charge in [-0.05, 0) is 13.0 Å². The lowest BCUT2D eigenvalue weighted by atomic mass is 10.0. The summed E-state index contributed by atoms with van der Waals surface area (Å²) in [5.74, 6) is -0.101. The lowest BCUT2D eigenvalue weighted by Gasteiger charge is -2.13. The molecule has 0 amide bonds. The molecule has 1 aromatic rings. The molecule has 0 radical (unpaired) electrons. The van der Waals surface area contributed by atoms with Crippen molar-refractivity contribution in [3.05, 3.63) is 23.9 Å². The van der Waals surface area contributed by atoms with E-state index in [4.69, 9.17) is 15.2 Å². The number of pyridine rings is 1. The minimum absolute atomic E-state index is 0.248. The van der Waals surface area contributed by atoms with Crippen LogP contribution in [0.2, 0.25) is 0 Å². The molecule has 0 aromatic carbocycles. The number of hydrogen-bond donors (Lipinski definition) is 1. The van der Waals surface area contributed by atoms with E-state index < -0.39 is 0 Å². The second-order valence-electron chi connectivity index (χ2n) is 3.56. The molecular weight excluding hydrogens is 220 g/mol. The molecule has 1 heterocycles. The van der Waals surface area contributed by atoms with Gasteiger partial charge in [-0.1, -0.05) is 6.07 Å². The molecule has 0 aliphatic carbocycles. The third kappa shape index (κ3) is 4.03. The molecule has 1 unspecified atom stereocenters. The minimum atomic E-state index is -0.352. The molecule has 0 bridgehead atoms. The van der Waals surface area contributed by atoms with Gasteiger partial charge in [0.15, 0.2) is 0 Å². The summed E-state index contributed by atoms with van der Waals surface area (Å²) < 4.78 is 9.97. The molecule has 0 saturated heterocycles. The number of rotatable bonds is 6. The van der Waals surface area contributed by atoms with Crippen LogP contribution in [0.4, 0.5) is 0 Å². The lowest BCUT2D eigenvalue weighted by Crippen LogP contribution is -2.28. The number of esters is 1. The summed E-state index contributed by atoms with van der Waals surface area (Å²) in [5.41, 5.74) is 6.33. The maximum absolute atomic E-state index is 11.6. The Balaban J connectivity index is 2.69. The second kappa shape index (κ2) is 6.85. The van der Waals surface area contributed by atoms with Crippen molar-refractivity contribution in [2.45, 2.75) is 13.3 Å². The first-order valence-electron chi connectivity index (χ1n) is 5.57.